The zero-order valence-corrected chi connectivity index (χ0v) is 13.5. The molecule has 5 heteroatoms. The Hall–Kier alpha value is -1.69. The maximum atomic E-state index is 5.81. The molecule has 0 amide bonds. The summed E-state index contributed by atoms with van der Waals surface area (Å²) in [5.74, 6) is 1.53. The standard InChI is InChI=1S/C17H24N2O3/c1-14-16(13-19(9-11-20-2)10-12-21-3)18-17(22-14)15-7-5-4-6-8-15/h4-8H,9-13H2,1-3H3. The average molecular weight is 304 g/mol. The second-order valence-electron chi connectivity index (χ2n) is 5.15. The lowest BCUT2D eigenvalue weighted by atomic mass is 10.2. The van der Waals surface area contributed by atoms with Gasteiger partial charge in [0.15, 0.2) is 0 Å². The molecule has 0 N–H and O–H groups in total. The van der Waals surface area contributed by atoms with Crippen molar-refractivity contribution in [3.63, 3.8) is 0 Å². The number of benzene rings is 1. The molecule has 0 saturated carbocycles. The molecule has 0 unspecified atom stereocenters. The lowest BCUT2D eigenvalue weighted by Crippen LogP contribution is -2.30. The van der Waals surface area contributed by atoms with Gasteiger partial charge in [0.1, 0.15) is 5.76 Å². The molecule has 2 rings (SSSR count). The molecular weight excluding hydrogens is 280 g/mol. The van der Waals surface area contributed by atoms with Gasteiger partial charge in [0.05, 0.1) is 18.9 Å². The van der Waals surface area contributed by atoms with E-state index in [0.29, 0.717) is 19.1 Å². The third-order valence-electron chi connectivity index (χ3n) is 3.51. The summed E-state index contributed by atoms with van der Waals surface area (Å²) >= 11 is 0. The highest BCUT2D eigenvalue weighted by Crippen LogP contribution is 2.22. The number of methoxy groups -OCH3 is 2. The minimum absolute atomic E-state index is 0.673. The molecule has 1 aromatic heterocycles. The number of aryl methyl sites for hydroxylation is 1. The van der Waals surface area contributed by atoms with E-state index < -0.39 is 0 Å². The van der Waals surface area contributed by atoms with Gasteiger partial charge >= 0.3 is 0 Å². The van der Waals surface area contributed by atoms with Crippen LogP contribution >= 0.6 is 0 Å². The Bertz CT molecular complexity index is 546. The number of oxazole rings is 1. The van der Waals surface area contributed by atoms with Gasteiger partial charge in [0, 0.05) is 39.4 Å². The van der Waals surface area contributed by atoms with Gasteiger partial charge in [-0.05, 0) is 19.1 Å². The SMILES string of the molecule is COCCN(CCOC)Cc1nc(-c2ccccc2)oc1C. The summed E-state index contributed by atoms with van der Waals surface area (Å²) in [5.41, 5.74) is 1.96. The molecule has 22 heavy (non-hydrogen) atoms. The van der Waals surface area contributed by atoms with Crippen molar-refractivity contribution in [2.24, 2.45) is 0 Å². The van der Waals surface area contributed by atoms with Crippen molar-refractivity contribution in [3.8, 4) is 11.5 Å². The molecular formula is C17H24N2O3. The van der Waals surface area contributed by atoms with Crippen LogP contribution in [0.2, 0.25) is 0 Å². The van der Waals surface area contributed by atoms with E-state index in [1.54, 1.807) is 14.2 Å². The summed E-state index contributed by atoms with van der Waals surface area (Å²) < 4.78 is 16.1. The normalized spacial score (nSPS) is 11.3. The zero-order valence-electron chi connectivity index (χ0n) is 13.5. The Balaban J connectivity index is 2.08. The largest absolute Gasteiger partial charge is 0.441 e. The van der Waals surface area contributed by atoms with E-state index in [1.807, 2.05) is 37.3 Å². The molecule has 120 valence electrons. The molecule has 0 spiro atoms. The van der Waals surface area contributed by atoms with Crippen molar-refractivity contribution in [1.82, 2.24) is 9.88 Å². The molecule has 0 saturated heterocycles. The molecule has 0 bridgehead atoms. The Kier molecular flexibility index (Phi) is 6.58. The van der Waals surface area contributed by atoms with E-state index in [0.717, 1.165) is 36.7 Å². The van der Waals surface area contributed by atoms with Gasteiger partial charge in [0.25, 0.3) is 0 Å². The lowest BCUT2D eigenvalue weighted by molar-refractivity contribution is 0.109. The van der Waals surface area contributed by atoms with Crippen molar-refractivity contribution in [2.45, 2.75) is 13.5 Å². The Morgan fingerprint density at radius 1 is 1.05 bits per heavy atom. The van der Waals surface area contributed by atoms with Gasteiger partial charge in [-0.1, -0.05) is 18.2 Å². The van der Waals surface area contributed by atoms with E-state index in [2.05, 4.69) is 9.88 Å². The Labute approximate surface area is 131 Å². The number of hydrogen-bond donors (Lipinski definition) is 0. The predicted octanol–water partition coefficient (Wildman–Crippen LogP) is 2.74. The number of nitrogens with zero attached hydrogens (tertiary/aromatic N) is 2. The van der Waals surface area contributed by atoms with Crippen molar-refractivity contribution < 1.29 is 13.9 Å². The molecule has 0 aliphatic heterocycles. The third kappa shape index (κ3) is 4.66. The van der Waals surface area contributed by atoms with Gasteiger partial charge in [-0.15, -0.1) is 0 Å². The van der Waals surface area contributed by atoms with E-state index in [4.69, 9.17) is 13.9 Å². The monoisotopic (exact) mass is 304 g/mol. The maximum absolute atomic E-state index is 5.81. The van der Waals surface area contributed by atoms with E-state index in [9.17, 15) is 0 Å². The highest BCUT2D eigenvalue weighted by molar-refractivity contribution is 5.53. The van der Waals surface area contributed by atoms with Crippen molar-refractivity contribution in [2.75, 3.05) is 40.5 Å². The van der Waals surface area contributed by atoms with Crippen LogP contribution in [0.25, 0.3) is 11.5 Å². The van der Waals surface area contributed by atoms with Gasteiger partial charge < -0.3 is 13.9 Å². The Morgan fingerprint density at radius 3 is 2.27 bits per heavy atom. The fraction of sp³-hybridized carbons (Fsp3) is 0.471. The highest BCUT2D eigenvalue weighted by Gasteiger charge is 2.14. The molecule has 5 nitrogen and oxygen atoms in total. The van der Waals surface area contributed by atoms with Crippen molar-refractivity contribution >= 4 is 0 Å². The molecule has 1 aromatic carbocycles. The molecule has 0 atom stereocenters. The maximum Gasteiger partial charge on any atom is 0.226 e. The minimum atomic E-state index is 0.673. The smallest absolute Gasteiger partial charge is 0.226 e. The quantitative estimate of drug-likeness (QED) is 0.713. The topological polar surface area (TPSA) is 47.7 Å². The minimum Gasteiger partial charge on any atom is -0.441 e. The predicted molar refractivity (Wildman–Crippen MR) is 85.7 cm³/mol. The molecule has 0 fully saturated rings. The van der Waals surface area contributed by atoms with Crippen LogP contribution in [-0.2, 0) is 16.0 Å². The van der Waals surface area contributed by atoms with E-state index >= 15 is 0 Å². The summed E-state index contributed by atoms with van der Waals surface area (Å²) in [6.07, 6.45) is 0. The van der Waals surface area contributed by atoms with Gasteiger partial charge in [-0.25, -0.2) is 4.98 Å². The fourth-order valence-electron chi connectivity index (χ4n) is 2.20. The first-order valence-electron chi connectivity index (χ1n) is 7.46. The third-order valence-corrected chi connectivity index (χ3v) is 3.51. The number of rotatable bonds is 9. The molecule has 1 heterocycles. The van der Waals surface area contributed by atoms with Crippen LogP contribution in [0.5, 0.6) is 0 Å². The second kappa shape index (κ2) is 8.68. The summed E-state index contributed by atoms with van der Waals surface area (Å²) in [6.45, 7) is 5.74. The molecule has 2 aromatic rings. The molecule has 0 radical (unpaired) electrons. The first-order chi connectivity index (χ1) is 10.7. The first-order valence-corrected chi connectivity index (χ1v) is 7.46. The van der Waals surface area contributed by atoms with Crippen LogP contribution in [0, 0.1) is 6.92 Å². The van der Waals surface area contributed by atoms with Crippen LogP contribution in [-0.4, -0.2) is 50.4 Å². The van der Waals surface area contributed by atoms with Crippen LogP contribution < -0.4 is 0 Å². The Morgan fingerprint density at radius 2 is 1.68 bits per heavy atom. The van der Waals surface area contributed by atoms with Gasteiger partial charge in [0.2, 0.25) is 5.89 Å². The number of hydrogen-bond acceptors (Lipinski definition) is 5. The summed E-state index contributed by atoms with van der Waals surface area (Å²) in [6, 6.07) is 9.96. The second-order valence-corrected chi connectivity index (χ2v) is 5.15. The number of aromatic nitrogens is 1. The highest BCUT2D eigenvalue weighted by atomic mass is 16.5. The van der Waals surface area contributed by atoms with Crippen LogP contribution in [0.4, 0.5) is 0 Å². The van der Waals surface area contributed by atoms with Crippen LogP contribution in [0.1, 0.15) is 11.5 Å². The fourth-order valence-corrected chi connectivity index (χ4v) is 2.20. The average Bonchev–Trinajstić information content (AvgIpc) is 2.91. The molecule has 0 aliphatic carbocycles. The van der Waals surface area contributed by atoms with Crippen molar-refractivity contribution in [3.05, 3.63) is 41.8 Å². The van der Waals surface area contributed by atoms with Gasteiger partial charge in [-0.3, -0.25) is 4.90 Å². The van der Waals surface area contributed by atoms with Crippen LogP contribution in [0.3, 0.4) is 0 Å². The summed E-state index contributed by atoms with van der Waals surface area (Å²) in [7, 11) is 3.42. The lowest BCUT2D eigenvalue weighted by Gasteiger charge is -2.20. The number of ether oxygens (including phenoxy) is 2. The summed E-state index contributed by atoms with van der Waals surface area (Å²) in [4.78, 5) is 6.90. The summed E-state index contributed by atoms with van der Waals surface area (Å²) in [5, 5.41) is 0. The van der Waals surface area contributed by atoms with E-state index in [1.165, 1.54) is 0 Å². The van der Waals surface area contributed by atoms with Crippen LogP contribution in [0.15, 0.2) is 34.7 Å². The molecule has 0 aliphatic rings. The van der Waals surface area contributed by atoms with E-state index in [-0.39, 0.29) is 0 Å². The van der Waals surface area contributed by atoms with Gasteiger partial charge in [-0.2, -0.15) is 0 Å². The zero-order chi connectivity index (χ0) is 15.8. The van der Waals surface area contributed by atoms with Crippen molar-refractivity contribution in [1.29, 1.82) is 0 Å². The first kappa shape index (κ1) is 16.7.